The third kappa shape index (κ3) is 3.57. The van der Waals surface area contributed by atoms with Crippen LogP contribution in [-0.2, 0) is 14.3 Å². The fourth-order valence-electron chi connectivity index (χ4n) is 3.87. The second kappa shape index (κ2) is 6.77. The zero-order valence-corrected chi connectivity index (χ0v) is 12.8. The number of carbonyl (C=O) groups is 2. The third-order valence-electron chi connectivity index (χ3n) is 5.20. The van der Waals surface area contributed by atoms with Gasteiger partial charge in [0.25, 0.3) is 0 Å². The highest BCUT2D eigenvalue weighted by atomic mass is 16.5. The first-order chi connectivity index (χ1) is 10.2. The molecule has 118 valence electrons. The summed E-state index contributed by atoms with van der Waals surface area (Å²) >= 11 is 0. The van der Waals surface area contributed by atoms with Gasteiger partial charge in [0, 0.05) is 39.0 Å². The summed E-state index contributed by atoms with van der Waals surface area (Å²) in [7, 11) is 0. The lowest BCUT2D eigenvalue weighted by atomic mass is 9.86. The van der Waals surface area contributed by atoms with Crippen LogP contribution in [0.3, 0.4) is 0 Å². The number of hydrogen-bond acceptors (Lipinski definition) is 4. The number of hydrogen-bond donors (Lipinski definition) is 0. The van der Waals surface area contributed by atoms with Gasteiger partial charge < -0.3 is 9.64 Å². The zero-order valence-electron chi connectivity index (χ0n) is 12.8. The summed E-state index contributed by atoms with van der Waals surface area (Å²) in [4.78, 5) is 28.2. The number of rotatable bonds is 3. The maximum absolute atomic E-state index is 12.4. The molecule has 0 radical (unpaired) electrons. The van der Waals surface area contributed by atoms with Crippen LogP contribution in [0.5, 0.6) is 0 Å². The molecule has 5 heteroatoms. The Bertz CT molecular complexity index is 385. The van der Waals surface area contributed by atoms with Crippen molar-refractivity contribution in [1.82, 2.24) is 9.80 Å². The van der Waals surface area contributed by atoms with Crippen LogP contribution in [-0.4, -0.2) is 60.5 Å². The Morgan fingerprint density at radius 1 is 1.05 bits per heavy atom. The molecule has 0 aromatic heterocycles. The van der Waals surface area contributed by atoms with Crippen molar-refractivity contribution in [3.8, 4) is 0 Å². The SMILES string of the molecule is O=C1OCCC1N1CCN(C(=O)CC2CCCCC2)CC1. The van der Waals surface area contributed by atoms with Crippen LogP contribution in [0.4, 0.5) is 0 Å². The highest BCUT2D eigenvalue weighted by Gasteiger charge is 2.35. The molecule has 1 saturated carbocycles. The van der Waals surface area contributed by atoms with Gasteiger partial charge in [-0.3, -0.25) is 14.5 Å². The molecule has 3 fully saturated rings. The minimum absolute atomic E-state index is 0.0689. The number of ether oxygens (including phenoxy) is 1. The van der Waals surface area contributed by atoms with Crippen LogP contribution in [0.1, 0.15) is 44.9 Å². The van der Waals surface area contributed by atoms with Crippen molar-refractivity contribution in [2.75, 3.05) is 32.8 Å². The van der Waals surface area contributed by atoms with Gasteiger partial charge in [0.15, 0.2) is 0 Å². The fraction of sp³-hybridized carbons (Fsp3) is 0.875. The Morgan fingerprint density at radius 2 is 1.76 bits per heavy atom. The molecular formula is C16H26N2O3. The number of nitrogens with zero attached hydrogens (tertiary/aromatic N) is 2. The second-order valence-corrected chi connectivity index (χ2v) is 6.60. The highest BCUT2D eigenvalue weighted by Crippen LogP contribution is 2.27. The molecule has 21 heavy (non-hydrogen) atoms. The molecule has 0 aromatic carbocycles. The van der Waals surface area contributed by atoms with Crippen molar-refractivity contribution in [2.24, 2.45) is 5.92 Å². The van der Waals surface area contributed by atoms with Crippen LogP contribution in [0.15, 0.2) is 0 Å². The van der Waals surface area contributed by atoms with Crippen LogP contribution in [0.2, 0.25) is 0 Å². The van der Waals surface area contributed by atoms with Gasteiger partial charge in [0.2, 0.25) is 5.91 Å². The van der Waals surface area contributed by atoms with Gasteiger partial charge in [0.05, 0.1) is 6.61 Å². The monoisotopic (exact) mass is 294 g/mol. The Labute approximate surface area is 126 Å². The molecule has 0 N–H and O–H groups in total. The van der Waals surface area contributed by atoms with Crippen LogP contribution < -0.4 is 0 Å². The number of esters is 1. The molecule has 3 aliphatic rings. The van der Waals surface area contributed by atoms with E-state index in [-0.39, 0.29) is 12.0 Å². The van der Waals surface area contributed by atoms with Crippen LogP contribution in [0.25, 0.3) is 0 Å². The predicted molar refractivity (Wildman–Crippen MR) is 78.7 cm³/mol. The van der Waals surface area contributed by atoms with E-state index in [1.54, 1.807) is 0 Å². The van der Waals surface area contributed by atoms with E-state index >= 15 is 0 Å². The van der Waals surface area contributed by atoms with E-state index in [2.05, 4.69) is 4.90 Å². The largest absolute Gasteiger partial charge is 0.464 e. The van der Waals surface area contributed by atoms with E-state index < -0.39 is 0 Å². The maximum atomic E-state index is 12.4. The molecule has 1 unspecified atom stereocenters. The molecule has 3 rings (SSSR count). The molecule has 1 aliphatic carbocycles. The van der Waals surface area contributed by atoms with Crippen molar-refractivity contribution in [3.05, 3.63) is 0 Å². The molecule has 5 nitrogen and oxygen atoms in total. The standard InChI is InChI=1S/C16H26N2O3/c19-15(12-13-4-2-1-3-5-13)18-9-7-17(8-10-18)14-6-11-21-16(14)20/h13-14H,1-12H2. The quantitative estimate of drug-likeness (QED) is 0.739. The summed E-state index contributed by atoms with van der Waals surface area (Å²) in [5, 5.41) is 0. The molecule has 0 spiro atoms. The molecule has 2 saturated heterocycles. The number of carbonyl (C=O) groups excluding carboxylic acids is 2. The van der Waals surface area contributed by atoms with Gasteiger partial charge in [-0.05, 0) is 18.8 Å². The maximum Gasteiger partial charge on any atom is 0.323 e. The van der Waals surface area contributed by atoms with Gasteiger partial charge in [-0.1, -0.05) is 19.3 Å². The zero-order chi connectivity index (χ0) is 14.7. The summed E-state index contributed by atoms with van der Waals surface area (Å²) in [5.74, 6) is 0.835. The Kier molecular flexibility index (Phi) is 4.78. The van der Waals surface area contributed by atoms with Crippen molar-refractivity contribution in [3.63, 3.8) is 0 Å². The number of amides is 1. The molecule has 0 bridgehead atoms. The number of cyclic esters (lactones) is 1. The third-order valence-corrected chi connectivity index (χ3v) is 5.20. The van der Waals surface area contributed by atoms with Gasteiger partial charge in [0.1, 0.15) is 6.04 Å². The lowest BCUT2D eigenvalue weighted by Gasteiger charge is -2.37. The lowest BCUT2D eigenvalue weighted by molar-refractivity contribution is -0.143. The molecule has 2 aliphatic heterocycles. The summed E-state index contributed by atoms with van der Waals surface area (Å²) in [6.07, 6.45) is 7.88. The first-order valence-electron chi connectivity index (χ1n) is 8.42. The van der Waals surface area contributed by atoms with E-state index in [1.807, 2.05) is 4.90 Å². The smallest absolute Gasteiger partial charge is 0.323 e. The van der Waals surface area contributed by atoms with Crippen molar-refractivity contribution in [1.29, 1.82) is 0 Å². The summed E-state index contributed by atoms with van der Waals surface area (Å²) in [6.45, 7) is 3.67. The Balaban J connectivity index is 1.44. The van der Waals surface area contributed by atoms with Gasteiger partial charge >= 0.3 is 5.97 Å². The van der Waals surface area contributed by atoms with Crippen molar-refractivity contribution in [2.45, 2.75) is 51.0 Å². The topological polar surface area (TPSA) is 49.9 Å². The van der Waals surface area contributed by atoms with E-state index in [9.17, 15) is 9.59 Å². The summed E-state index contributed by atoms with van der Waals surface area (Å²) in [6, 6.07) is -0.0689. The molecule has 1 atom stereocenters. The molecule has 0 aromatic rings. The van der Waals surface area contributed by atoms with E-state index in [4.69, 9.17) is 4.74 Å². The van der Waals surface area contributed by atoms with Gasteiger partial charge in [-0.15, -0.1) is 0 Å². The summed E-state index contributed by atoms with van der Waals surface area (Å²) in [5.41, 5.74) is 0. The van der Waals surface area contributed by atoms with E-state index in [1.165, 1.54) is 32.1 Å². The minimum Gasteiger partial charge on any atom is -0.464 e. The highest BCUT2D eigenvalue weighted by molar-refractivity contribution is 5.78. The van der Waals surface area contributed by atoms with Crippen LogP contribution >= 0.6 is 0 Å². The Hall–Kier alpha value is -1.10. The van der Waals surface area contributed by atoms with Gasteiger partial charge in [-0.25, -0.2) is 0 Å². The molecular weight excluding hydrogens is 268 g/mol. The Morgan fingerprint density at radius 3 is 2.38 bits per heavy atom. The van der Waals surface area contributed by atoms with E-state index in [0.29, 0.717) is 18.4 Å². The fourth-order valence-corrected chi connectivity index (χ4v) is 3.87. The average molecular weight is 294 g/mol. The normalized spacial score (nSPS) is 28.7. The molecule has 1 amide bonds. The predicted octanol–water partition coefficient (Wildman–Crippen LogP) is 1.42. The first kappa shape index (κ1) is 14.8. The second-order valence-electron chi connectivity index (χ2n) is 6.60. The first-order valence-corrected chi connectivity index (χ1v) is 8.42. The van der Waals surface area contributed by atoms with E-state index in [0.717, 1.165) is 39.0 Å². The van der Waals surface area contributed by atoms with Crippen molar-refractivity contribution < 1.29 is 14.3 Å². The minimum atomic E-state index is -0.0861. The molecule has 2 heterocycles. The van der Waals surface area contributed by atoms with Crippen molar-refractivity contribution >= 4 is 11.9 Å². The average Bonchev–Trinajstić information content (AvgIpc) is 2.94. The van der Waals surface area contributed by atoms with Crippen LogP contribution in [0, 0.1) is 5.92 Å². The number of piperazine rings is 1. The summed E-state index contributed by atoms with van der Waals surface area (Å²) < 4.78 is 5.03. The van der Waals surface area contributed by atoms with Gasteiger partial charge in [-0.2, -0.15) is 0 Å². The lowest BCUT2D eigenvalue weighted by Crippen LogP contribution is -2.53.